The second-order valence-corrected chi connectivity index (χ2v) is 8.36. The molecule has 0 aliphatic heterocycles. The first-order valence-electron chi connectivity index (χ1n) is 12.4. The molecule has 166 valence electrons. The van der Waals surface area contributed by atoms with E-state index in [9.17, 15) is 9.59 Å². The molecule has 0 aromatic heterocycles. The second kappa shape index (κ2) is 22.4. The summed E-state index contributed by atoms with van der Waals surface area (Å²) in [5, 5.41) is 0. The van der Waals surface area contributed by atoms with E-state index in [2.05, 4.69) is 13.8 Å². The summed E-state index contributed by atoms with van der Waals surface area (Å²) in [6, 6.07) is 0. The maximum Gasteiger partial charge on any atom is 0.313 e. The predicted molar refractivity (Wildman–Crippen MR) is 119 cm³/mol. The zero-order valence-electron chi connectivity index (χ0n) is 19.1. The van der Waals surface area contributed by atoms with Gasteiger partial charge in [0.1, 0.15) is 0 Å². The van der Waals surface area contributed by atoms with Crippen molar-refractivity contribution in [1.82, 2.24) is 0 Å². The third-order valence-electron chi connectivity index (χ3n) is 5.45. The van der Waals surface area contributed by atoms with Crippen molar-refractivity contribution in [2.24, 2.45) is 0 Å². The Morgan fingerprint density at radius 1 is 0.429 bits per heavy atom. The molecule has 0 fully saturated rings. The summed E-state index contributed by atoms with van der Waals surface area (Å²) in [5.74, 6) is -0.672. The summed E-state index contributed by atoms with van der Waals surface area (Å²) in [6.07, 6.45) is 24.3. The predicted octanol–water partition coefficient (Wildman–Crippen LogP) is 8.29. The maximum absolute atomic E-state index is 11.7. The van der Waals surface area contributed by atoms with Gasteiger partial charge in [0.15, 0.2) is 0 Å². The minimum atomic E-state index is -0.338. The van der Waals surface area contributed by atoms with E-state index >= 15 is 0 Å². The van der Waals surface area contributed by atoms with Crippen molar-refractivity contribution in [1.29, 1.82) is 0 Å². The first-order chi connectivity index (χ1) is 13.7. The molecule has 0 aliphatic carbocycles. The third-order valence-corrected chi connectivity index (χ3v) is 5.45. The van der Waals surface area contributed by atoms with E-state index in [4.69, 9.17) is 4.74 Å². The van der Waals surface area contributed by atoms with Crippen LogP contribution in [-0.4, -0.2) is 11.9 Å². The number of unbranched alkanes of at least 4 members (excludes halogenated alkanes) is 17. The van der Waals surface area contributed by atoms with Gasteiger partial charge in [-0.3, -0.25) is 9.59 Å². The van der Waals surface area contributed by atoms with Gasteiger partial charge in [-0.2, -0.15) is 0 Å². The number of carbonyl (C=O) groups is 2. The minimum Gasteiger partial charge on any atom is -0.393 e. The molecule has 0 aromatic carbocycles. The summed E-state index contributed by atoms with van der Waals surface area (Å²) in [4.78, 5) is 23.3. The number of hydrogen-bond acceptors (Lipinski definition) is 3. The monoisotopic (exact) mass is 396 g/mol. The fourth-order valence-corrected chi connectivity index (χ4v) is 3.57. The quantitative estimate of drug-likeness (QED) is 0.111. The van der Waals surface area contributed by atoms with Crippen LogP contribution in [0.15, 0.2) is 0 Å². The highest BCUT2D eigenvalue weighted by Gasteiger charge is 2.09. The number of ether oxygens (including phenoxy) is 1. The molecule has 0 aliphatic rings. The number of rotatable bonds is 21. The molecule has 0 saturated heterocycles. The Morgan fingerprint density at radius 3 is 0.964 bits per heavy atom. The van der Waals surface area contributed by atoms with Gasteiger partial charge in [-0.1, -0.05) is 123 Å². The third kappa shape index (κ3) is 21.4. The lowest BCUT2D eigenvalue weighted by Crippen LogP contribution is -2.11. The van der Waals surface area contributed by atoms with E-state index in [1.54, 1.807) is 0 Å². The molecule has 0 atom stereocenters. The lowest BCUT2D eigenvalue weighted by atomic mass is 10.0. The highest BCUT2D eigenvalue weighted by Crippen LogP contribution is 2.13. The Hall–Kier alpha value is -0.860. The van der Waals surface area contributed by atoms with Gasteiger partial charge < -0.3 is 4.74 Å². The van der Waals surface area contributed by atoms with Crippen LogP contribution in [0.4, 0.5) is 0 Å². The lowest BCUT2D eigenvalue weighted by molar-refractivity contribution is -0.159. The van der Waals surface area contributed by atoms with Crippen LogP contribution < -0.4 is 0 Å². The largest absolute Gasteiger partial charge is 0.393 e. The van der Waals surface area contributed by atoms with Crippen LogP contribution in [0.25, 0.3) is 0 Å². The van der Waals surface area contributed by atoms with Crippen molar-refractivity contribution < 1.29 is 14.3 Å². The summed E-state index contributed by atoms with van der Waals surface area (Å²) >= 11 is 0. The first-order valence-corrected chi connectivity index (χ1v) is 12.4. The fourth-order valence-electron chi connectivity index (χ4n) is 3.57. The molecule has 0 N–H and O–H groups in total. The van der Waals surface area contributed by atoms with Crippen molar-refractivity contribution in [2.75, 3.05) is 0 Å². The molecule has 3 heteroatoms. The minimum absolute atomic E-state index is 0.334. The Morgan fingerprint density at radius 2 is 0.679 bits per heavy atom. The number of hydrogen-bond donors (Lipinski definition) is 0. The molecule has 0 aromatic rings. The lowest BCUT2D eigenvalue weighted by Gasteiger charge is -2.04. The van der Waals surface area contributed by atoms with Gasteiger partial charge >= 0.3 is 11.9 Å². The van der Waals surface area contributed by atoms with Crippen molar-refractivity contribution in [3.8, 4) is 0 Å². The van der Waals surface area contributed by atoms with Gasteiger partial charge in [0, 0.05) is 12.8 Å². The first kappa shape index (κ1) is 27.1. The van der Waals surface area contributed by atoms with E-state index in [0.717, 1.165) is 25.7 Å². The van der Waals surface area contributed by atoms with E-state index < -0.39 is 0 Å². The molecule has 0 spiro atoms. The topological polar surface area (TPSA) is 43.4 Å². The molecule has 0 bridgehead atoms. The zero-order valence-corrected chi connectivity index (χ0v) is 19.1. The zero-order chi connectivity index (χ0) is 20.7. The van der Waals surface area contributed by atoms with Gasteiger partial charge in [-0.15, -0.1) is 0 Å². The fraction of sp³-hybridized carbons (Fsp3) is 0.920. The molecule has 0 rings (SSSR count). The van der Waals surface area contributed by atoms with Crippen molar-refractivity contribution in [2.45, 2.75) is 149 Å². The van der Waals surface area contributed by atoms with E-state index in [1.807, 2.05) is 0 Å². The highest BCUT2D eigenvalue weighted by molar-refractivity contribution is 5.85. The van der Waals surface area contributed by atoms with Gasteiger partial charge in [0.2, 0.25) is 0 Å². The van der Waals surface area contributed by atoms with Crippen LogP contribution in [0.5, 0.6) is 0 Å². The molecule has 28 heavy (non-hydrogen) atoms. The highest BCUT2D eigenvalue weighted by atomic mass is 16.6. The normalized spacial score (nSPS) is 10.9. The van der Waals surface area contributed by atoms with Crippen molar-refractivity contribution in [3.05, 3.63) is 0 Å². The SMILES string of the molecule is CCCCCCCCCCCCCCCC(=O)OC(=O)CCCCCCCC. The van der Waals surface area contributed by atoms with Crippen molar-refractivity contribution in [3.63, 3.8) is 0 Å². The second-order valence-electron chi connectivity index (χ2n) is 8.36. The molecular formula is C25H48O3. The molecule has 0 saturated carbocycles. The summed E-state index contributed by atoms with van der Waals surface area (Å²) in [7, 11) is 0. The van der Waals surface area contributed by atoms with Crippen LogP contribution >= 0.6 is 0 Å². The molecule has 0 heterocycles. The van der Waals surface area contributed by atoms with Crippen molar-refractivity contribution >= 4 is 11.9 Å². The molecule has 3 nitrogen and oxygen atoms in total. The van der Waals surface area contributed by atoms with Gasteiger partial charge in [0.05, 0.1) is 0 Å². The average molecular weight is 397 g/mol. The van der Waals surface area contributed by atoms with Crippen LogP contribution in [0.2, 0.25) is 0 Å². The Kier molecular flexibility index (Phi) is 21.7. The molecule has 0 radical (unpaired) electrons. The summed E-state index contributed by atoms with van der Waals surface area (Å²) < 4.78 is 4.91. The van der Waals surface area contributed by atoms with Gasteiger partial charge in [0.25, 0.3) is 0 Å². The number of carbonyl (C=O) groups excluding carboxylic acids is 2. The summed E-state index contributed by atoms with van der Waals surface area (Å²) in [6.45, 7) is 4.46. The summed E-state index contributed by atoms with van der Waals surface area (Å²) in [5.41, 5.74) is 0. The average Bonchev–Trinajstić information content (AvgIpc) is 2.68. The van der Waals surface area contributed by atoms with Crippen LogP contribution in [0.1, 0.15) is 149 Å². The maximum atomic E-state index is 11.7. The number of esters is 2. The van der Waals surface area contributed by atoms with Crippen LogP contribution in [-0.2, 0) is 14.3 Å². The van der Waals surface area contributed by atoms with E-state index in [-0.39, 0.29) is 11.9 Å². The smallest absolute Gasteiger partial charge is 0.313 e. The molecular weight excluding hydrogens is 348 g/mol. The van der Waals surface area contributed by atoms with Crippen LogP contribution in [0, 0.1) is 0 Å². The Balaban J connectivity index is 3.29. The van der Waals surface area contributed by atoms with Gasteiger partial charge in [-0.05, 0) is 12.8 Å². The van der Waals surface area contributed by atoms with E-state index in [0.29, 0.717) is 12.8 Å². The van der Waals surface area contributed by atoms with Gasteiger partial charge in [-0.25, -0.2) is 0 Å². The standard InChI is InChI=1S/C25H48O3/c1-3-5-7-9-11-12-13-14-15-16-17-19-21-23-25(27)28-24(26)22-20-18-10-8-6-4-2/h3-23H2,1-2H3. The van der Waals surface area contributed by atoms with E-state index in [1.165, 1.54) is 96.3 Å². The Labute approximate surface area is 175 Å². The molecule has 0 amide bonds. The Bertz CT molecular complexity index is 352. The van der Waals surface area contributed by atoms with Crippen LogP contribution in [0.3, 0.4) is 0 Å². The molecule has 0 unspecified atom stereocenters.